The summed E-state index contributed by atoms with van der Waals surface area (Å²) in [7, 11) is 0. The van der Waals surface area contributed by atoms with Gasteiger partial charge >= 0.3 is 6.61 Å². The van der Waals surface area contributed by atoms with Crippen LogP contribution in [0.5, 0.6) is 5.75 Å². The molecule has 1 unspecified atom stereocenters. The van der Waals surface area contributed by atoms with Gasteiger partial charge in [0.15, 0.2) is 5.82 Å². The molecule has 1 heterocycles. The lowest BCUT2D eigenvalue weighted by atomic mass is 10.1. The quantitative estimate of drug-likeness (QED) is 0.883. The monoisotopic (exact) mass is 283 g/mol. The van der Waals surface area contributed by atoms with Gasteiger partial charge in [0.05, 0.1) is 6.54 Å². The fourth-order valence-corrected chi connectivity index (χ4v) is 1.71. The maximum absolute atomic E-state index is 12.0. The first kappa shape index (κ1) is 14.4. The van der Waals surface area contributed by atoms with Gasteiger partial charge < -0.3 is 14.6 Å². The van der Waals surface area contributed by atoms with Crippen LogP contribution >= 0.6 is 0 Å². The molecule has 5 nitrogen and oxygen atoms in total. The normalized spacial score (nSPS) is 12.7. The molecule has 0 aliphatic heterocycles. The van der Waals surface area contributed by atoms with Gasteiger partial charge in [-0.25, -0.2) is 0 Å². The summed E-state index contributed by atoms with van der Waals surface area (Å²) >= 11 is 0. The minimum atomic E-state index is -2.81. The number of rotatable bonds is 6. The molecule has 2 rings (SSSR count). The average molecular weight is 283 g/mol. The van der Waals surface area contributed by atoms with Crippen molar-refractivity contribution in [2.24, 2.45) is 0 Å². The van der Waals surface area contributed by atoms with Crippen molar-refractivity contribution in [3.05, 3.63) is 41.5 Å². The molecule has 0 aliphatic carbocycles. The van der Waals surface area contributed by atoms with E-state index in [0.29, 0.717) is 18.3 Å². The number of nitrogens with zero attached hydrogens (tertiary/aromatic N) is 2. The van der Waals surface area contributed by atoms with Crippen LogP contribution in [0.15, 0.2) is 28.8 Å². The largest absolute Gasteiger partial charge is 0.435 e. The molecule has 1 atom stereocenters. The number of aromatic nitrogens is 2. The van der Waals surface area contributed by atoms with Gasteiger partial charge in [-0.05, 0) is 31.5 Å². The predicted molar refractivity (Wildman–Crippen MR) is 67.4 cm³/mol. The fraction of sp³-hybridized carbons (Fsp3) is 0.385. The third kappa shape index (κ3) is 3.99. The smallest absolute Gasteiger partial charge is 0.387 e. The summed E-state index contributed by atoms with van der Waals surface area (Å²) in [5.41, 5.74) is 0.947. The Morgan fingerprint density at radius 2 is 2.00 bits per heavy atom. The molecule has 0 saturated carbocycles. The molecular weight excluding hydrogens is 268 g/mol. The van der Waals surface area contributed by atoms with E-state index in [1.165, 1.54) is 12.1 Å². The lowest BCUT2D eigenvalue weighted by Gasteiger charge is -2.13. The van der Waals surface area contributed by atoms with Crippen LogP contribution < -0.4 is 10.1 Å². The molecule has 1 aromatic carbocycles. The van der Waals surface area contributed by atoms with E-state index in [1.54, 1.807) is 19.1 Å². The molecule has 0 saturated heterocycles. The molecule has 0 bridgehead atoms. The molecule has 0 fully saturated rings. The molecule has 2 aromatic rings. The molecule has 108 valence electrons. The summed E-state index contributed by atoms with van der Waals surface area (Å²) in [5.74, 6) is 1.23. The Hall–Kier alpha value is -2.02. The highest BCUT2D eigenvalue weighted by Gasteiger charge is 2.09. The first-order valence-corrected chi connectivity index (χ1v) is 6.12. The topological polar surface area (TPSA) is 60.2 Å². The zero-order valence-electron chi connectivity index (χ0n) is 11.1. The zero-order valence-corrected chi connectivity index (χ0v) is 11.1. The van der Waals surface area contributed by atoms with E-state index in [-0.39, 0.29) is 11.8 Å². The number of halogens is 2. The summed E-state index contributed by atoms with van der Waals surface area (Å²) in [5, 5.41) is 6.90. The Morgan fingerprint density at radius 3 is 2.55 bits per heavy atom. The number of aryl methyl sites for hydroxylation is 1. The molecular formula is C13H15F2N3O2. The second kappa shape index (κ2) is 6.42. The first-order valence-electron chi connectivity index (χ1n) is 6.12. The lowest BCUT2D eigenvalue weighted by molar-refractivity contribution is -0.0498. The van der Waals surface area contributed by atoms with Crippen molar-refractivity contribution in [2.45, 2.75) is 33.0 Å². The van der Waals surface area contributed by atoms with Gasteiger partial charge in [0.25, 0.3) is 0 Å². The number of hydrogen-bond acceptors (Lipinski definition) is 5. The van der Waals surface area contributed by atoms with Gasteiger partial charge in [-0.3, -0.25) is 0 Å². The third-order valence-corrected chi connectivity index (χ3v) is 2.73. The summed E-state index contributed by atoms with van der Waals surface area (Å²) in [6.07, 6.45) is 0. The summed E-state index contributed by atoms with van der Waals surface area (Å²) < 4.78 is 33.3. The first-order chi connectivity index (χ1) is 9.54. The Balaban J connectivity index is 1.90. The highest BCUT2D eigenvalue weighted by molar-refractivity contribution is 5.28. The van der Waals surface area contributed by atoms with Crippen molar-refractivity contribution >= 4 is 0 Å². The van der Waals surface area contributed by atoms with Gasteiger partial charge in [0.1, 0.15) is 5.75 Å². The highest BCUT2D eigenvalue weighted by Crippen LogP contribution is 2.19. The minimum absolute atomic E-state index is 0.0165. The maximum atomic E-state index is 12.0. The Labute approximate surface area is 114 Å². The molecule has 0 radical (unpaired) electrons. The van der Waals surface area contributed by atoms with Crippen LogP contribution in [0, 0.1) is 6.92 Å². The number of hydrogen-bond donors (Lipinski definition) is 1. The predicted octanol–water partition coefficient (Wildman–Crippen LogP) is 2.83. The Morgan fingerprint density at radius 1 is 1.30 bits per heavy atom. The summed E-state index contributed by atoms with van der Waals surface area (Å²) in [4.78, 5) is 4.08. The van der Waals surface area contributed by atoms with E-state index < -0.39 is 6.61 Å². The second-order valence-corrected chi connectivity index (χ2v) is 4.29. The van der Waals surface area contributed by atoms with E-state index in [0.717, 1.165) is 5.56 Å². The molecule has 20 heavy (non-hydrogen) atoms. The van der Waals surface area contributed by atoms with Gasteiger partial charge in [0.2, 0.25) is 5.89 Å². The van der Waals surface area contributed by atoms with Gasteiger partial charge in [0, 0.05) is 6.04 Å². The van der Waals surface area contributed by atoms with Gasteiger partial charge in [-0.1, -0.05) is 17.3 Å². The van der Waals surface area contributed by atoms with E-state index >= 15 is 0 Å². The average Bonchev–Trinajstić information content (AvgIpc) is 2.82. The van der Waals surface area contributed by atoms with Crippen molar-refractivity contribution in [1.82, 2.24) is 15.5 Å². The van der Waals surface area contributed by atoms with E-state index in [9.17, 15) is 8.78 Å². The minimum Gasteiger partial charge on any atom is -0.435 e. The van der Waals surface area contributed by atoms with Crippen LogP contribution in [-0.4, -0.2) is 16.8 Å². The second-order valence-electron chi connectivity index (χ2n) is 4.29. The SMILES string of the molecule is Cc1noc(CNC(C)c2ccc(OC(F)F)cc2)n1. The van der Waals surface area contributed by atoms with E-state index in [1.807, 2.05) is 6.92 Å². The standard InChI is InChI=1S/C13H15F2N3O2/c1-8(16-7-12-17-9(2)18-20-12)10-3-5-11(6-4-10)19-13(14)15/h3-6,8,13,16H,7H2,1-2H3. The van der Waals surface area contributed by atoms with Crippen molar-refractivity contribution < 1.29 is 18.0 Å². The van der Waals surface area contributed by atoms with Gasteiger partial charge in [-0.2, -0.15) is 13.8 Å². The van der Waals surface area contributed by atoms with Crippen LogP contribution in [-0.2, 0) is 6.54 Å². The third-order valence-electron chi connectivity index (χ3n) is 2.73. The highest BCUT2D eigenvalue weighted by atomic mass is 19.3. The molecule has 7 heteroatoms. The van der Waals surface area contributed by atoms with Crippen LogP contribution in [0.4, 0.5) is 8.78 Å². The molecule has 0 aliphatic rings. The van der Waals surface area contributed by atoms with E-state index in [4.69, 9.17) is 4.52 Å². The summed E-state index contributed by atoms with van der Waals surface area (Å²) in [6, 6.07) is 6.50. The molecule has 0 amide bonds. The Kier molecular flexibility index (Phi) is 4.62. The number of nitrogens with one attached hydrogen (secondary N) is 1. The van der Waals surface area contributed by atoms with E-state index in [2.05, 4.69) is 20.2 Å². The number of benzene rings is 1. The fourth-order valence-electron chi connectivity index (χ4n) is 1.71. The lowest BCUT2D eigenvalue weighted by Crippen LogP contribution is -2.18. The molecule has 1 N–H and O–H groups in total. The summed E-state index contributed by atoms with van der Waals surface area (Å²) in [6.45, 7) is 1.33. The van der Waals surface area contributed by atoms with Crippen molar-refractivity contribution in [2.75, 3.05) is 0 Å². The van der Waals surface area contributed by atoms with Crippen LogP contribution in [0.1, 0.15) is 30.2 Å². The Bertz CT molecular complexity index is 543. The maximum Gasteiger partial charge on any atom is 0.387 e. The van der Waals surface area contributed by atoms with Crippen molar-refractivity contribution in [3.8, 4) is 5.75 Å². The van der Waals surface area contributed by atoms with Crippen LogP contribution in [0.25, 0.3) is 0 Å². The molecule has 0 spiro atoms. The van der Waals surface area contributed by atoms with Crippen molar-refractivity contribution in [3.63, 3.8) is 0 Å². The zero-order chi connectivity index (χ0) is 14.5. The van der Waals surface area contributed by atoms with Gasteiger partial charge in [-0.15, -0.1) is 0 Å². The number of ether oxygens (including phenoxy) is 1. The number of alkyl halides is 2. The van der Waals surface area contributed by atoms with Crippen molar-refractivity contribution in [1.29, 1.82) is 0 Å². The van der Waals surface area contributed by atoms with Crippen LogP contribution in [0.3, 0.4) is 0 Å². The molecule has 1 aromatic heterocycles. The van der Waals surface area contributed by atoms with Crippen LogP contribution in [0.2, 0.25) is 0 Å².